The van der Waals surface area contributed by atoms with Gasteiger partial charge in [-0.2, -0.15) is 10.1 Å². The molecule has 0 unspecified atom stereocenters. The third-order valence-corrected chi connectivity index (χ3v) is 4.40. The largest absolute Gasteiger partial charge is 0.338 e. The summed E-state index contributed by atoms with van der Waals surface area (Å²) in [6.45, 7) is 2.94. The molecule has 1 aliphatic heterocycles. The number of amides is 1. The molecule has 0 N–H and O–H groups in total. The van der Waals surface area contributed by atoms with E-state index in [1.165, 1.54) is 0 Å². The SMILES string of the molecule is Cc1noc(-c2nn(C)c3c2CN(C(=O)Cc2cccnc2)CC3)n1. The Labute approximate surface area is 144 Å². The summed E-state index contributed by atoms with van der Waals surface area (Å²) in [5.41, 5.74) is 3.67. The maximum Gasteiger partial charge on any atom is 0.278 e. The molecule has 4 heterocycles. The second-order valence-electron chi connectivity index (χ2n) is 6.15. The Morgan fingerprint density at radius 1 is 1.40 bits per heavy atom. The minimum absolute atomic E-state index is 0.0789. The summed E-state index contributed by atoms with van der Waals surface area (Å²) in [4.78, 5) is 22.8. The van der Waals surface area contributed by atoms with Crippen LogP contribution in [0.4, 0.5) is 0 Å². The minimum Gasteiger partial charge on any atom is -0.338 e. The third kappa shape index (κ3) is 2.90. The Kier molecular flexibility index (Phi) is 3.79. The normalized spacial score (nSPS) is 13.8. The minimum atomic E-state index is 0.0789. The molecule has 0 saturated carbocycles. The van der Waals surface area contributed by atoms with Gasteiger partial charge in [-0.25, -0.2) is 0 Å². The van der Waals surface area contributed by atoms with Crippen molar-refractivity contribution < 1.29 is 9.32 Å². The van der Waals surface area contributed by atoms with Crippen molar-refractivity contribution in [2.75, 3.05) is 6.54 Å². The number of pyridine rings is 1. The molecule has 4 rings (SSSR count). The number of aryl methyl sites for hydroxylation is 2. The zero-order valence-corrected chi connectivity index (χ0v) is 14.1. The smallest absolute Gasteiger partial charge is 0.278 e. The van der Waals surface area contributed by atoms with E-state index in [-0.39, 0.29) is 5.91 Å². The van der Waals surface area contributed by atoms with Crippen LogP contribution in [0.2, 0.25) is 0 Å². The van der Waals surface area contributed by atoms with Gasteiger partial charge in [0.1, 0.15) is 0 Å². The van der Waals surface area contributed by atoms with Crippen molar-refractivity contribution >= 4 is 5.91 Å². The summed E-state index contributed by atoms with van der Waals surface area (Å²) in [5, 5.41) is 8.36. The lowest BCUT2D eigenvalue weighted by Crippen LogP contribution is -2.37. The van der Waals surface area contributed by atoms with Crippen LogP contribution in [-0.4, -0.2) is 42.3 Å². The lowest BCUT2D eigenvalue weighted by molar-refractivity contribution is -0.131. The maximum absolute atomic E-state index is 12.7. The molecule has 0 aromatic carbocycles. The van der Waals surface area contributed by atoms with E-state index in [1.807, 2.05) is 28.8 Å². The van der Waals surface area contributed by atoms with E-state index in [1.54, 1.807) is 19.3 Å². The van der Waals surface area contributed by atoms with Gasteiger partial charge in [0.25, 0.3) is 5.89 Å². The Balaban J connectivity index is 1.59. The second-order valence-corrected chi connectivity index (χ2v) is 6.15. The molecule has 1 amide bonds. The van der Waals surface area contributed by atoms with Gasteiger partial charge in [0.2, 0.25) is 5.91 Å². The molecule has 0 spiro atoms. The van der Waals surface area contributed by atoms with Crippen molar-refractivity contribution in [2.24, 2.45) is 7.05 Å². The molecule has 25 heavy (non-hydrogen) atoms. The van der Waals surface area contributed by atoms with Crippen molar-refractivity contribution in [3.63, 3.8) is 0 Å². The van der Waals surface area contributed by atoms with Gasteiger partial charge in [-0.15, -0.1) is 0 Å². The molecule has 128 valence electrons. The van der Waals surface area contributed by atoms with Crippen LogP contribution in [0.25, 0.3) is 11.6 Å². The number of fused-ring (bicyclic) bond motifs is 1. The highest BCUT2D eigenvalue weighted by atomic mass is 16.5. The Morgan fingerprint density at radius 3 is 3.00 bits per heavy atom. The first kappa shape index (κ1) is 15.5. The number of carbonyl (C=O) groups is 1. The summed E-state index contributed by atoms with van der Waals surface area (Å²) in [6, 6.07) is 3.76. The zero-order valence-electron chi connectivity index (χ0n) is 14.1. The molecular formula is C17H18N6O2. The average Bonchev–Trinajstić information content (AvgIpc) is 3.19. The first-order valence-electron chi connectivity index (χ1n) is 8.14. The lowest BCUT2D eigenvalue weighted by atomic mass is 10.0. The highest BCUT2D eigenvalue weighted by molar-refractivity contribution is 5.79. The van der Waals surface area contributed by atoms with E-state index in [9.17, 15) is 4.79 Å². The number of carbonyl (C=O) groups excluding carboxylic acids is 1. The molecule has 0 radical (unpaired) electrons. The van der Waals surface area contributed by atoms with E-state index >= 15 is 0 Å². The van der Waals surface area contributed by atoms with E-state index in [4.69, 9.17) is 4.52 Å². The first-order valence-corrected chi connectivity index (χ1v) is 8.14. The fourth-order valence-corrected chi connectivity index (χ4v) is 3.16. The van der Waals surface area contributed by atoms with Gasteiger partial charge in [-0.05, 0) is 18.6 Å². The van der Waals surface area contributed by atoms with Crippen LogP contribution in [0.15, 0.2) is 29.0 Å². The number of hydrogen-bond acceptors (Lipinski definition) is 6. The Morgan fingerprint density at radius 2 is 2.28 bits per heavy atom. The van der Waals surface area contributed by atoms with Crippen molar-refractivity contribution in [1.29, 1.82) is 0 Å². The second kappa shape index (κ2) is 6.12. The predicted molar refractivity (Wildman–Crippen MR) is 88.3 cm³/mol. The predicted octanol–water partition coefficient (Wildman–Crippen LogP) is 1.30. The fraction of sp³-hybridized carbons (Fsp3) is 0.353. The summed E-state index contributed by atoms with van der Waals surface area (Å²) >= 11 is 0. The Bertz CT molecular complexity index is 915. The van der Waals surface area contributed by atoms with Crippen molar-refractivity contribution in [3.05, 3.63) is 47.2 Å². The van der Waals surface area contributed by atoms with E-state index in [0.717, 1.165) is 23.2 Å². The molecule has 3 aromatic rings. The van der Waals surface area contributed by atoms with Crippen LogP contribution in [0.3, 0.4) is 0 Å². The molecule has 0 saturated heterocycles. The molecule has 8 nitrogen and oxygen atoms in total. The average molecular weight is 338 g/mol. The molecule has 3 aromatic heterocycles. The van der Waals surface area contributed by atoms with Crippen LogP contribution < -0.4 is 0 Å². The fourth-order valence-electron chi connectivity index (χ4n) is 3.16. The van der Waals surface area contributed by atoms with Crippen LogP contribution >= 0.6 is 0 Å². The van der Waals surface area contributed by atoms with Gasteiger partial charge in [0.15, 0.2) is 11.5 Å². The first-order chi connectivity index (χ1) is 12.1. The summed E-state index contributed by atoms with van der Waals surface area (Å²) in [7, 11) is 1.90. The van der Waals surface area contributed by atoms with Crippen LogP contribution in [0.1, 0.15) is 22.6 Å². The Hall–Kier alpha value is -3.03. The quantitative estimate of drug-likeness (QED) is 0.715. The molecule has 0 fully saturated rings. The topological polar surface area (TPSA) is 89.9 Å². The van der Waals surface area contributed by atoms with Crippen LogP contribution in [0, 0.1) is 6.92 Å². The van der Waals surface area contributed by atoms with Gasteiger partial charge >= 0.3 is 0 Å². The molecule has 1 aliphatic rings. The summed E-state index contributed by atoms with van der Waals surface area (Å²) in [6.07, 6.45) is 4.53. The molecular weight excluding hydrogens is 320 g/mol. The molecule has 8 heteroatoms. The maximum atomic E-state index is 12.7. The number of rotatable bonds is 3. The molecule has 0 atom stereocenters. The summed E-state index contributed by atoms with van der Waals surface area (Å²) in [5.74, 6) is 1.04. The third-order valence-electron chi connectivity index (χ3n) is 4.40. The van der Waals surface area contributed by atoms with E-state index in [2.05, 4.69) is 20.2 Å². The van der Waals surface area contributed by atoms with E-state index < -0.39 is 0 Å². The van der Waals surface area contributed by atoms with Gasteiger partial charge in [-0.3, -0.25) is 14.5 Å². The van der Waals surface area contributed by atoms with Gasteiger partial charge in [0, 0.05) is 50.2 Å². The van der Waals surface area contributed by atoms with Crippen molar-refractivity contribution in [2.45, 2.75) is 26.3 Å². The molecule has 0 aliphatic carbocycles. The summed E-state index contributed by atoms with van der Waals surface area (Å²) < 4.78 is 7.11. The molecule has 0 bridgehead atoms. The van der Waals surface area contributed by atoms with Gasteiger partial charge in [0.05, 0.1) is 6.42 Å². The van der Waals surface area contributed by atoms with Crippen LogP contribution in [-0.2, 0) is 31.2 Å². The van der Waals surface area contributed by atoms with Crippen molar-refractivity contribution in [3.8, 4) is 11.6 Å². The number of aromatic nitrogens is 5. The van der Waals surface area contributed by atoms with Gasteiger partial charge < -0.3 is 9.42 Å². The highest BCUT2D eigenvalue weighted by Gasteiger charge is 2.29. The zero-order chi connectivity index (χ0) is 17.4. The lowest BCUT2D eigenvalue weighted by Gasteiger charge is -2.27. The van der Waals surface area contributed by atoms with Crippen molar-refractivity contribution in [1.82, 2.24) is 29.8 Å². The van der Waals surface area contributed by atoms with Crippen LogP contribution in [0.5, 0.6) is 0 Å². The number of hydrogen-bond donors (Lipinski definition) is 0. The standard InChI is InChI=1S/C17H18N6O2/c1-11-19-17(25-21-11)16-13-10-23(7-5-14(13)22(2)20-16)15(24)8-12-4-3-6-18-9-12/h3-4,6,9H,5,7-8,10H2,1-2H3. The number of nitrogens with zero attached hydrogens (tertiary/aromatic N) is 6. The highest BCUT2D eigenvalue weighted by Crippen LogP contribution is 2.29. The monoisotopic (exact) mass is 338 g/mol. The van der Waals surface area contributed by atoms with E-state index in [0.29, 0.717) is 36.9 Å². The van der Waals surface area contributed by atoms with Gasteiger partial charge in [-0.1, -0.05) is 11.2 Å².